The third-order valence-corrected chi connectivity index (χ3v) is 7.38. The highest BCUT2D eigenvalue weighted by Crippen LogP contribution is 2.44. The van der Waals surface area contributed by atoms with Gasteiger partial charge in [-0.25, -0.2) is 4.39 Å². The third kappa shape index (κ3) is 5.34. The Morgan fingerprint density at radius 1 is 1.05 bits per heavy atom. The lowest BCUT2D eigenvalue weighted by Gasteiger charge is -2.30. The Kier molecular flexibility index (Phi) is 7.74. The average molecular weight is 507 g/mol. The second-order valence-corrected chi connectivity index (χ2v) is 9.80. The van der Waals surface area contributed by atoms with E-state index in [0.717, 1.165) is 37.4 Å². The molecule has 0 radical (unpaired) electrons. The maximum Gasteiger partial charge on any atom is 0.258 e. The van der Waals surface area contributed by atoms with E-state index in [9.17, 15) is 14.0 Å². The van der Waals surface area contributed by atoms with Crippen LogP contribution in [0.4, 0.5) is 15.8 Å². The van der Waals surface area contributed by atoms with Crippen LogP contribution < -0.4 is 19.9 Å². The summed E-state index contributed by atoms with van der Waals surface area (Å²) < 4.78 is 20.5. The van der Waals surface area contributed by atoms with Gasteiger partial charge in [0.15, 0.2) is 5.78 Å². The zero-order chi connectivity index (χ0) is 25.8. The molecule has 2 aromatic carbocycles. The number of hydrogen-bond donors (Lipinski definition) is 1. The van der Waals surface area contributed by atoms with E-state index in [1.165, 1.54) is 25.3 Å². The summed E-state index contributed by atoms with van der Waals surface area (Å²) in [4.78, 5) is 32.6. The molecule has 3 aliphatic rings. The van der Waals surface area contributed by atoms with E-state index in [-0.39, 0.29) is 24.3 Å². The van der Waals surface area contributed by atoms with Crippen LogP contribution in [0.1, 0.15) is 44.6 Å². The van der Waals surface area contributed by atoms with Crippen molar-refractivity contribution in [1.29, 1.82) is 0 Å². The molecule has 3 aliphatic heterocycles. The number of likely N-dealkylation sites (tertiary alicyclic amines) is 1. The predicted molar refractivity (Wildman–Crippen MR) is 142 cm³/mol. The number of halogens is 1. The van der Waals surface area contributed by atoms with Crippen LogP contribution in [-0.2, 0) is 16.1 Å². The fourth-order valence-electron chi connectivity index (χ4n) is 5.49. The summed E-state index contributed by atoms with van der Waals surface area (Å²) in [6, 6.07) is 12.6. The number of fused-ring (bicyclic) bond motifs is 3. The van der Waals surface area contributed by atoms with Gasteiger partial charge >= 0.3 is 0 Å². The lowest BCUT2D eigenvalue weighted by molar-refractivity contribution is -0.123. The number of hydrogen-bond acceptors (Lipinski definition) is 6. The summed E-state index contributed by atoms with van der Waals surface area (Å²) in [6.07, 6.45) is 5.01. The second kappa shape index (κ2) is 11.3. The first-order valence-corrected chi connectivity index (χ1v) is 13.4. The van der Waals surface area contributed by atoms with Crippen LogP contribution >= 0.6 is 0 Å². The van der Waals surface area contributed by atoms with Gasteiger partial charge in [-0.05, 0) is 57.5 Å². The summed E-state index contributed by atoms with van der Waals surface area (Å²) >= 11 is 0. The van der Waals surface area contributed by atoms with Crippen molar-refractivity contribution in [2.75, 3.05) is 49.1 Å². The van der Waals surface area contributed by atoms with Crippen molar-refractivity contribution >= 4 is 23.1 Å². The molecular formula is C29H35FN4O3. The molecule has 1 saturated heterocycles. The highest BCUT2D eigenvalue weighted by molar-refractivity contribution is 6.22. The number of carbonyl (C=O) groups excluding carboxylic acids is 2. The Morgan fingerprint density at radius 3 is 2.59 bits per heavy atom. The molecule has 7 nitrogen and oxygen atoms in total. The molecule has 196 valence electrons. The largest absolute Gasteiger partial charge is 0.493 e. The van der Waals surface area contributed by atoms with Gasteiger partial charge in [-0.15, -0.1) is 0 Å². The fourth-order valence-corrected chi connectivity index (χ4v) is 5.49. The molecule has 0 unspecified atom stereocenters. The molecule has 0 atom stereocenters. The molecule has 0 spiro atoms. The summed E-state index contributed by atoms with van der Waals surface area (Å²) in [5, 5.41) is 2.77. The molecule has 2 aromatic rings. The zero-order valence-electron chi connectivity index (χ0n) is 21.5. The molecular weight excluding hydrogens is 471 g/mol. The first kappa shape index (κ1) is 25.3. The van der Waals surface area contributed by atoms with Crippen LogP contribution in [0.15, 0.2) is 53.9 Å². The van der Waals surface area contributed by atoms with Gasteiger partial charge in [0.25, 0.3) is 5.91 Å². The Labute approximate surface area is 217 Å². The van der Waals surface area contributed by atoms with Gasteiger partial charge < -0.3 is 24.8 Å². The molecule has 8 heteroatoms. The first-order chi connectivity index (χ1) is 18.1. The molecule has 3 heterocycles. The van der Waals surface area contributed by atoms with Crippen molar-refractivity contribution in [1.82, 2.24) is 10.2 Å². The van der Waals surface area contributed by atoms with Gasteiger partial charge in [0.2, 0.25) is 0 Å². The van der Waals surface area contributed by atoms with Crippen molar-refractivity contribution in [3.05, 3.63) is 65.2 Å². The van der Waals surface area contributed by atoms with Crippen molar-refractivity contribution in [3.63, 3.8) is 0 Å². The number of ether oxygens (including phenoxy) is 1. The standard InChI is InChI=1S/C29H35FN4O3/c1-2-33-24-9-4-5-10-25(24)34-17-13-26(35)27(29(33)34)28(36)31-20-21-11-12-22(19-23(21)30)37-18-8-16-32-14-6-3-7-15-32/h4-5,9-12,19H,2-3,6-8,13-18,20H2,1H3,(H,31,36). The number of amides is 1. The predicted octanol–water partition coefficient (Wildman–Crippen LogP) is 4.23. The summed E-state index contributed by atoms with van der Waals surface area (Å²) in [5.74, 6) is -0.00788. The number of benzene rings is 2. The number of carbonyl (C=O) groups is 2. The van der Waals surface area contributed by atoms with Crippen LogP contribution in [0.5, 0.6) is 5.75 Å². The van der Waals surface area contributed by atoms with Crippen molar-refractivity contribution in [3.8, 4) is 5.75 Å². The summed E-state index contributed by atoms with van der Waals surface area (Å²) in [6.45, 7) is 6.99. The normalized spacial score (nSPS) is 17.6. The van der Waals surface area contributed by atoms with E-state index in [4.69, 9.17) is 4.74 Å². The summed E-state index contributed by atoms with van der Waals surface area (Å²) in [5.41, 5.74) is 2.47. The second-order valence-electron chi connectivity index (χ2n) is 9.80. The van der Waals surface area contributed by atoms with E-state index in [1.807, 2.05) is 41.0 Å². The molecule has 0 saturated carbocycles. The minimum atomic E-state index is -0.478. The van der Waals surface area contributed by atoms with Gasteiger partial charge in [0, 0.05) is 44.2 Å². The average Bonchev–Trinajstić information content (AvgIpc) is 3.24. The minimum absolute atomic E-state index is 0.0109. The molecule has 1 fully saturated rings. The summed E-state index contributed by atoms with van der Waals surface area (Å²) in [7, 11) is 0. The van der Waals surface area contributed by atoms with Gasteiger partial charge in [0.05, 0.1) is 18.0 Å². The van der Waals surface area contributed by atoms with Crippen LogP contribution in [-0.4, -0.2) is 55.9 Å². The molecule has 1 N–H and O–H groups in total. The van der Waals surface area contributed by atoms with Gasteiger partial charge in [-0.3, -0.25) is 9.59 Å². The van der Waals surface area contributed by atoms with E-state index in [2.05, 4.69) is 10.2 Å². The molecule has 0 aliphatic carbocycles. The van der Waals surface area contributed by atoms with Crippen LogP contribution in [0.3, 0.4) is 0 Å². The number of nitrogens with zero attached hydrogens (tertiary/aromatic N) is 3. The monoisotopic (exact) mass is 506 g/mol. The maximum absolute atomic E-state index is 14.8. The van der Waals surface area contributed by atoms with E-state index >= 15 is 0 Å². The lowest BCUT2D eigenvalue weighted by atomic mass is 10.0. The Balaban J connectivity index is 1.21. The van der Waals surface area contributed by atoms with Gasteiger partial charge in [-0.2, -0.15) is 0 Å². The van der Waals surface area contributed by atoms with Gasteiger partial charge in [-0.1, -0.05) is 24.6 Å². The van der Waals surface area contributed by atoms with E-state index < -0.39 is 11.7 Å². The molecule has 37 heavy (non-hydrogen) atoms. The molecule has 1 amide bonds. The smallest absolute Gasteiger partial charge is 0.258 e. The Morgan fingerprint density at radius 2 is 1.84 bits per heavy atom. The fraction of sp³-hybridized carbons (Fsp3) is 0.448. The van der Waals surface area contributed by atoms with Crippen molar-refractivity contribution in [2.45, 2.75) is 45.6 Å². The third-order valence-electron chi connectivity index (χ3n) is 7.38. The molecule has 5 rings (SSSR count). The lowest BCUT2D eigenvalue weighted by Crippen LogP contribution is -2.42. The minimum Gasteiger partial charge on any atom is -0.493 e. The highest BCUT2D eigenvalue weighted by Gasteiger charge is 2.40. The Hall–Kier alpha value is -3.39. The molecule has 0 bridgehead atoms. The van der Waals surface area contributed by atoms with E-state index in [1.54, 1.807) is 12.1 Å². The Bertz CT molecular complexity index is 1180. The van der Waals surface area contributed by atoms with Crippen LogP contribution in [0.2, 0.25) is 0 Å². The van der Waals surface area contributed by atoms with Crippen molar-refractivity contribution in [2.24, 2.45) is 0 Å². The number of piperidine rings is 1. The number of nitrogens with one attached hydrogen (secondary N) is 1. The number of rotatable bonds is 9. The maximum atomic E-state index is 14.8. The number of anilines is 2. The van der Waals surface area contributed by atoms with Crippen LogP contribution in [0, 0.1) is 5.82 Å². The van der Waals surface area contributed by atoms with Crippen LogP contribution in [0.25, 0.3) is 0 Å². The number of ketones is 1. The highest BCUT2D eigenvalue weighted by atomic mass is 19.1. The number of Topliss-reactive ketones (excluding diaryl/α,β-unsaturated/α-hetero) is 1. The SMILES string of the molecule is CCN1C2=C(C(=O)NCc3ccc(OCCCN4CCCCC4)cc3F)C(=O)CCN2c2ccccc21. The van der Waals surface area contributed by atoms with Gasteiger partial charge in [0.1, 0.15) is 23.0 Å². The van der Waals surface area contributed by atoms with E-state index in [0.29, 0.717) is 36.8 Å². The molecule has 0 aromatic heterocycles. The first-order valence-electron chi connectivity index (χ1n) is 13.4. The van der Waals surface area contributed by atoms with Crippen molar-refractivity contribution < 1.29 is 18.7 Å². The quantitative estimate of drug-likeness (QED) is 0.406. The number of para-hydroxylation sites is 2. The zero-order valence-corrected chi connectivity index (χ0v) is 21.5. The topological polar surface area (TPSA) is 65.1 Å².